The van der Waals surface area contributed by atoms with Crippen molar-refractivity contribution < 1.29 is 0 Å². The lowest BCUT2D eigenvalue weighted by Crippen LogP contribution is -2.46. The number of nitrogens with two attached hydrogens (primary N) is 1. The highest BCUT2D eigenvalue weighted by molar-refractivity contribution is 5.81. The Morgan fingerprint density at radius 1 is 1.33 bits per heavy atom. The second kappa shape index (κ2) is 4.58. The molecule has 1 aliphatic rings. The first-order valence-corrected chi connectivity index (χ1v) is 6.59. The smallest absolute Gasteiger partial charge is 0.0703 e. The second-order valence-electron chi connectivity index (χ2n) is 5.26. The zero-order chi connectivity index (χ0) is 12.5. The molecule has 1 fully saturated rings. The molecule has 94 valence electrons. The van der Waals surface area contributed by atoms with Gasteiger partial charge in [-0.25, -0.2) is 0 Å². The van der Waals surface area contributed by atoms with E-state index >= 15 is 0 Å². The Hall–Kier alpha value is -1.61. The van der Waals surface area contributed by atoms with Crippen LogP contribution in [0.2, 0.25) is 0 Å². The average molecular weight is 241 g/mol. The number of hydrogen-bond donors (Lipinski definition) is 1. The lowest BCUT2D eigenvalue weighted by molar-refractivity contribution is 0.383. The van der Waals surface area contributed by atoms with Gasteiger partial charge in [-0.05, 0) is 24.5 Å². The maximum atomic E-state index is 6.07. The minimum absolute atomic E-state index is 0.342. The summed E-state index contributed by atoms with van der Waals surface area (Å²) in [5.74, 6) is 0.547. The number of anilines is 1. The molecule has 0 saturated carbocycles. The third kappa shape index (κ3) is 2.06. The standard InChI is InChI=1S/C15H19N3/c1-11-10-18(7-6-14(11)16)13-8-12-4-2-3-5-15(12)17-9-13/h2-5,8-9,11,14H,6-7,10,16H2,1H3. The number of hydrogen-bond acceptors (Lipinski definition) is 3. The molecule has 2 unspecified atom stereocenters. The fraction of sp³-hybridized carbons (Fsp3) is 0.400. The molecule has 18 heavy (non-hydrogen) atoms. The number of nitrogens with zero attached hydrogens (tertiary/aromatic N) is 2. The van der Waals surface area contributed by atoms with Crippen LogP contribution in [0.15, 0.2) is 36.5 Å². The van der Waals surface area contributed by atoms with E-state index in [2.05, 4.69) is 35.0 Å². The van der Waals surface area contributed by atoms with Gasteiger partial charge in [0, 0.05) is 24.5 Å². The van der Waals surface area contributed by atoms with Gasteiger partial charge < -0.3 is 10.6 Å². The minimum atomic E-state index is 0.342. The van der Waals surface area contributed by atoms with Crippen molar-refractivity contribution in [1.82, 2.24) is 4.98 Å². The first-order chi connectivity index (χ1) is 8.74. The van der Waals surface area contributed by atoms with Gasteiger partial charge in [0.25, 0.3) is 0 Å². The number of rotatable bonds is 1. The molecule has 1 aromatic heterocycles. The monoisotopic (exact) mass is 241 g/mol. The van der Waals surface area contributed by atoms with Crippen molar-refractivity contribution in [3.63, 3.8) is 0 Å². The van der Waals surface area contributed by atoms with Gasteiger partial charge in [-0.2, -0.15) is 0 Å². The average Bonchev–Trinajstić information content (AvgIpc) is 2.41. The van der Waals surface area contributed by atoms with Crippen LogP contribution in [0.1, 0.15) is 13.3 Å². The molecule has 3 nitrogen and oxygen atoms in total. The molecule has 0 spiro atoms. The number of aromatic nitrogens is 1. The summed E-state index contributed by atoms with van der Waals surface area (Å²) < 4.78 is 0. The third-order valence-electron chi connectivity index (χ3n) is 3.91. The number of benzene rings is 1. The Bertz CT molecular complexity index is 552. The van der Waals surface area contributed by atoms with Crippen molar-refractivity contribution in [2.75, 3.05) is 18.0 Å². The quantitative estimate of drug-likeness (QED) is 0.833. The zero-order valence-electron chi connectivity index (χ0n) is 10.7. The summed E-state index contributed by atoms with van der Waals surface area (Å²) in [5.41, 5.74) is 8.34. The van der Waals surface area contributed by atoms with Crippen LogP contribution in [0, 0.1) is 5.92 Å². The van der Waals surface area contributed by atoms with Gasteiger partial charge in [-0.3, -0.25) is 4.98 Å². The molecule has 2 heterocycles. The number of para-hydroxylation sites is 1. The molecule has 2 aromatic rings. The molecule has 3 rings (SSSR count). The normalized spacial score (nSPS) is 24.4. The highest BCUT2D eigenvalue weighted by Gasteiger charge is 2.23. The van der Waals surface area contributed by atoms with Crippen molar-refractivity contribution in [3.8, 4) is 0 Å². The Labute approximate surface area is 108 Å². The van der Waals surface area contributed by atoms with E-state index in [-0.39, 0.29) is 0 Å². The van der Waals surface area contributed by atoms with E-state index in [1.807, 2.05) is 18.3 Å². The van der Waals surface area contributed by atoms with Crippen molar-refractivity contribution in [1.29, 1.82) is 0 Å². The molecule has 1 aromatic carbocycles. The van der Waals surface area contributed by atoms with Gasteiger partial charge in [0.1, 0.15) is 0 Å². The maximum Gasteiger partial charge on any atom is 0.0703 e. The lowest BCUT2D eigenvalue weighted by atomic mass is 9.94. The van der Waals surface area contributed by atoms with Crippen molar-refractivity contribution in [2.24, 2.45) is 11.7 Å². The molecule has 1 aliphatic heterocycles. The molecule has 2 atom stereocenters. The number of fused-ring (bicyclic) bond motifs is 1. The highest BCUT2D eigenvalue weighted by atomic mass is 15.1. The Kier molecular flexibility index (Phi) is 2.92. The van der Waals surface area contributed by atoms with E-state index in [9.17, 15) is 0 Å². The van der Waals surface area contributed by atoms with Crippen molar-refractivity contribution in [3.05, 3.63) is 36.5 Å². The number of piperidine rings is 1. The first-order valence-electron chi connectivity index (χ1n) is 6.59. The van der Waals surface area contributed by atoms with Gasteiger partial charge in [0.2, 0.25) is 0 Å². The van der Waals surface area contributed by atoms with Crippen LogP contribution < -0.4 is 10.6 Å². The maximum absolute atomic E-state index is 6.07. The van der Waals surface area contributed by atoms with Gasteiger partial charge in [0.05, 0.1) is 17.4 Å². The minimum Gasteiger partial charge on any atom is -0.370 e. The molecule has 0 aliphatic carbocycles. The van der Waals surface area contributed by atoms with Gasteiger partial charge in [-0.1, -0.05) is 25.1 Å². The fourth-order valence-electron chi connectivity index (χ4n) is 2.63. The van der Waals surface area contributed by atoms with Crippen LogP contribution in [0.25, 0.3) is 10.9 Å². The van der Waals surface area contributed by atoms with E-state index in [0.29, 0.717) is 12.0 Å². The summed E-state index contributed by atoms with van der Waals surface area (Å²) >= 11 is 0. The molecule has 2 N–H and O–H groups in total. The summed E-state index contributed by atoms with van der Waals surface area (Å²) in [6.07, 6.45) is 3.04. The van der Waals surface area contributed by atoms with Crippen LogP contribution in [-0.2, 0) is 0 Å². The van der Waals surface area contributed by atoms with Crippen LogP contribution in [0.3, 0.4) is 0 Å². The van der Waals surface area contributed by atoms with E-state index < -0.39 is 0 Å². The molecule has 1 saturated heterocycles. The zero-order valence-corrected chi connectivity index (χ0v) is 10.7. The van der Waals surface area contributed by atoms with Crippen LogP contribution in [0.5, 0.6) is 0 Å². The Morgan fingerprint density at radius 2 is 2.17 bits per heavy atom. The summed E-state index contributed by atoms with van der Waals surface area (Å²) in [5, 5.41) is 1.21. The fourth-order valence-corrected chi connectivity index (χ4v) is 2.63. The molecule has 0 bridgehead atoms. The summed E-state index contributed by atoms with van der Waals surface area (Å²) in [6.45, 7) is 4.29. The predicted molar refractivity (Wildman–Crippen MR) is 75.7 cm³/mol. The summed E-state index contributed by atoms with van der Waals surface area (Å²) in [6, 6.07) is 10.8. The highest BCUT2D eigenvalue weighted by Crippen LogP contribution is 2.24. The molecule has 3 heteroatoms. The Morgan fingerprint density at radius 3 is 3.00 bits per heavy atom. The SMILES string of the molecule is CC1CN(c2cnc3ccccc3c2)CCC1N. The number of pyridine rings is 1. The summed E-state index contributed by atoms with van der Waals surface area (Å²) in [4.78, 5) is 6.92. The van der Waals surface area contributed by atoms with Gasteiger partial charge in [0.15, 0.2) is 0 Å². The first kappa shape index (κ1) is 11.5. The van der Waals surface area contributed by atoms with Crippen molar-refractivity contribution >= 4 is 16.6 Å². The van der Waals surface area contributed by atoms with E-state index in [4.69, 9.17) is 5.73 Å². The third-order valence-corrected chi connectivity index (χ3v) is 3.91. The largest absolute Gasteiger partial charge is 0.370 e. The molecule has 0 radical (unpaired) electrons. The van der Waals surface area contributed by atoms with Crippen LogP contribution in [0.4, 0.5) is 5.69 Å². The Balaban J connectivity index is 1.90. The topological polar surface area (TPSA) is 42.2 Å². The molecular formula is C15H19N3. The van der Waals surface area contributed by atoms with E-state index in [1.165, 1.54) is 11.1 Å². The molecular weight excluding hydrogens is 222 g/mol. The van der Waals surface area contributed by atoms with Crippen molar-refractivity contribution in [2.45, 2.75) is 19.4 Å². The van der Waals surface area contributed by atoms with Crippen LogP contribution in [-0.4, -0.2) is 24.1 Å². The lowest BCUT2D eigenvalue weighted by Gasteiger charge is -2.36. The second-order valence-corrected chi connectivity index (χ2v) is 5.26. The van der Waals surface area contributed by atoms with E-state index in [0.717, 1.165) is 25.0 Å². The van der Waals surface area contributed by atoms with Gasteiger partial charge in [-0.15, -0.1) is 0 Å². The van der Waals surface area contributed by atoms with E-state index in [1.54, 1.807) is 0 Å². The van der Waals surface area contributed by atoms with Crippen LogP contribution >= 0.6 is 0 Å². The molecule has 0 amide bonds. The predicted octanol–water partition coefficient (Wildman–Crippen LogP) is 2.41. The van der Waals surface area contributed by atoms with Gasteiger partial charge >= 0.3 is 0 Å². The summed E-state index contributed by atoms with van der Waals surface area (Å²) in [7, 11) is 0.